The predicted molar refractivity (Wildman–Crippen MR) is 109 cm³/mol. The second-order valence-corrected chi connectivity index (χ2v) is 6.89. The zero-order valence-corrected chi connectivity index (χ0v) is 18.0. The van der Waals surface area contributed by atoms with E-state index in [-0.39, 0.29) is 23.8 Å². The summed E-state index contributed by atoms with van der Waals surface area (Å²) in [5.41, 5.74) is 3.84. The Hall–Kier alpha value is -2.26. The van der Waals surface area contributed by atoms with Gasteiger partial charge < -0.3 is 19.3 Å². The van der Waals surface area contributed by atoms with Crippen LogP contribution >= 0.6 is 31.9 Å². The Balaban J connectivity index is 2.07. The van der Waals surface area contributed by atoms with Crippen molar-refractivity contribution in [2.24, 2.45) is 5.10 Å². The summed E-state index contributed by atoms with van der Waals surface area (Å²) in [7, 11) is 4.53. The van der Waals surface area contributed by atoms with Crippen LogP contribution in [0.4, 0.5) is 0 Å². The Morgan fingerprint density at radius 3 is 2.37 bits per heavy atom. The third-order valence-electron chi connectivity index (χ3n) is 3.60. The van der Waals surface area contributed by atoms with Gasteiger partial charge in [0, 0.05) is 10.0 Å². The molecule has 0 saturated heterocycles. The zero-order chi connectivity index (χ0) is 20.0. The number of phenolic OH excluding ortho intramolecular Hbond substituents is 1. The Kier molecular flexibility index (Phi) is 7.49. The van der Waals surface area contributed by atoms with Crippen molar-refractivity contribution in [3.8, 4) is 23.0 Å². The average Bonchev–Trinajstić information content (AvgIpc) is 2.67. The average molecular weight is 502 g/mol. The Morgan fingerprint density at radius 2 is 1.74 bits per heavy atom. The second-order valence-electron chi connectivity index (χ2n) is 5.30. The van der Waals surface area contributed by atoms with Gasteiger partial charge >= 0.3 is 0 Å². The molecule has 0 unspecified atom stereocenters. The lowest BCUT2D eigenvalue weighted by molar-refractivity contribution is -0.120. The molecule has 2 N–H and O–H groups in total. The number of hydrogen-bond acceptors (Lipinski definition) is 6. The molecule has 144 valence electrons. The molecule has 2 aromatic rings. The lowest BCUT2D eigenvalue weighted by Crippen LogP contribution is -2.19. The van der Waals surface area contributed by atoms with Crippen molar-refractivity contribution in [2.75, 3.05) is 21.3 Å². The molecule has 0 spiro atoms. The van der Waals surface area contributed by atoms with Crippen molar-refractivity contribution in [3.63, 3.8) is 0 Å². The standard InChI is InChI=1S/C18H18Br2N2O5/c1-25-12-5-4-10(6-13(12)26-2)7-15(23)22-21-9-11-8-14(27-3)18(24)17(20)16(11)19/h4-6,8-9,24H,7H2,1-3H3,(H,22,23)/b21-9-. The van der Waals surface area contributed by atoms with E-state index in [1.165, 1.54) is 20.4 Å². The van der Waals surface area contributed by atoms with Crippen LogP contribution in [0, 0.1) is 0 Å². The molecule has 0 aliphatic heterocycles. The van der Waals surface area contributed by atoms with Crippen LogP contribution in [0.1, 0.15) is 11.1 Å². The van der Waals surface area contributed by atoms with Crippen LogP contribution in [-0.4, -0.2) is 38.6 Å². The van der Waals surface area contributed by atoms with E-state index in [9.17, 15) is 9.90 Å². The molecule has 0 saturated carbocycles. The number of aromatic hydroxyl groups is 1. The summed E-state index contributed by atoms with van der Waals surface area (Å²) in [6, 6.07) is 6.85. The number of hydrogen-bond donors (Lipinski definition) is 2. The van der Waals surface area contributed by atoms with Crippen LogP contribution in [0.3, 0.4) is 0 Å². The largest absolute Gasteiger partial charge is 0.503 e. The summed E-state index contributed by atoms with van der Waals surface area (Å²) in [5.74, 6) is 1.11. The quantitative estimate of drug-likeness (QED) is 0.446. The van der Waals surface area contributed by atoms with E-state index in [2.05, 4.69) is 42.4 Å². The van der Waals surface area contributed by atoms with E-state index in [0.717, 1.165) is 5.56 Å². The molecule has 0 aliphatic rings. The fraction of sp³-hybridized carbons (Fsp3) is 0.222. The molecule has 0 aliphatic carbocycles. The van der Waals surface area contributed by atoms with Gasteiger partial charge in [-0.2, -0.15) is 5.10 Å². The van der Waals surface area contributed by atoms with Crippen LogP contribution in [0.15, 0.2) is 38.3 Å². The number of nitrogens with one attached hydrogen (secondary N) is 1. The van der Waals surface area contributed by atoms with Crippen LogP contribution < -0.4 is 19.6 Å². The Bertz CT molecular complexity index is 871. The maximum absolute atomic E-state index is 12.1. The fourth-order valence-corrected chi connectivity index (χ4v) is 3.08. The van der Waals surface area contributed by atoms with E-state index in [1.54, 1.807) is 31.4 Å². The first-order chi connectivity index (χ1) is 12.9. The molecule has 9 heteroatoms. The smallest absolute Gasteiger partial charge is 0.244 e. The van der Waals surface area contributed by atoms with Crippen molar-refractivity contribution < 1.29 is 24.1 Å². The molecule has 0 fully saturated rings. The van der Waals surface area contributed by atoms with E-state index in [0.29, 0.717) is 26.0 Å². The Labute approximate surface area is 173 Å². The summed E-state index contributed by atoms with van der Waals surface area (Å²) in [5, 5.41) is 13.9. The van der Waals surface area contributed by atoms with Crippen LogP contribution in [0.2, 0.25) is 0 Å². The number of halogens is 2. The minimum absolute atomic E-state index is 0.0287. The molecule has 2 aromatic carbocycles. The highest BCUT2D eigenvalue weighted by atomic mass is 79.9. The normalized spacial score (nSPS) is 10.7. The van der Waals surface area contributed by atoms with E-state index in [4.69, 9.17) is 14.2 Å². The summed E-state index contributed by atoms with van der Waals surface area (Å²) < 4.78 is 16.5. The molecule has 7 nitrogen and oxygen atoms in total. The monoisotopic (exact) mass is 500 g/mol. The van der Waals surface area contributed by atoms with Gasteiger partial charge in [-0.3, -0.25) is 4.79 Å². The van der Waals surface area contributed by atoms with E-state index < -0.39 is 0 Å². The molecular weight excluding hydrogens is 484 g/mol. The molecule has 0 bridgehead atoms. The summed E-state index contributed by atoms with van der Waals surface area (Å²) in [4.78, 5) is 12.1. The molecule has 2 rings (SSSR count). The van der Waals surface area contributed by atoms with Gasteiger partial charge in [-0.1, -0.05) is 6.07 Å². The Morgan fingerprint density at radius 1 is 1.07 bits per heavy atom. The van der Waals surface area contributed by atoms with Crippen molar-refractivity contribution >= 4 is 44.0 Å². The SMILES string of the molecule is COc1ccc(CC(=O)N/N=C\c2cc(OC)c(O)c(Br)c2Br)cc1OC. The lowest BCUT2D eigenvalue weighted by atomic mass is 10.1. The second kappa shape index (κ2) is 9.61. The van der Waals surface area contributed by atoms with E-state index >= 15 is 0 Å². The van der Waals surface area contributed by atoms with Crippen molar-refractivity contribution in [1.29, 1.82) is 0 Å². The first-order valence-corrected chi connectivity index (χ1v) is 9.27. The van der Waals surface area contributed by atoms with Crippen molar-refractivity contribution in [3.05, 3.63) is 44.3 Å². The number of methoxy groups -OCH3 is 3. The molecule has 0 aromatic heterocycles. The highest BCUT2D eigenvalue weighted by Gasteiger charge is 2.14. The number of ether oxygens (including phenoxy) is 3. The number of benzene rings is 2. The van der Waals surface area contributed by atoms with Crippen molar-refractivity contribution in [2.45, 2.75) is 6.42 Å². The number of amides is 1. The summed E-state index contributed by atoms with van der Waals surface area (Å²) >= 11 is 6.62. The number of hydrazone groups is 1. The third-order valence-corrected chi connectivity index (χ3v) is 5.76. The molecule has 0 atom stereocenters. The zero-order valence-electron chi connectivity index (χ0n) is 14.9. The van der Waals surface area contributed by atoms with Gasteiger partial charge in [0.2, 0.25) is 5.91 Å². The first kappa shape index (κ1) is 21.0. The first-order valence-electron chi connectivity index (χ1n) is 7.69. The highest BCUT2D eigenvalue weighted by Crippen LogP contribution is 2.41. The number of rotatable bonds is 7. The minimum Gasteiger partial charge on any atom is -0.503 e. The van der Waals surface area contributed by atoms with Gasteiger partial charge in [0.15, 0.2) is 23.0 Å². The van der Waals surface area contributed by atoms with E-state index in [1.807, 2.05) is 0 Å². The van der Waals surface area contributed by atoms with Gasteiger partial charge in [0.25, 0.3) is 0 Å². The predicted octanol–water partition coefficient (Wildman–Crippen LogP) is 3.64. The van der Waals surface area contributed by atoms with Crippen LogP contribution in [0.5, 0.6) is 23.0 Å². The van der Waals surface area contributed by atoms with Crippen LogP contribution in [0.25, 0.3) is 0 Å². The number of carbonyl (C=O) groups is 1. The van der Waals surface area contributed by atoms with Crippen molar-refractivity contribution in [1.82, 2.24) is 5.43 Å². The molecule has 0 heterocycles. The maximum atomic E-state index is 12.1. The van der Waals surface area contributed by atoms with Gasteiger partial charge in [-0.15, -0.1) is 0 Å². The third kappa shape index (κ3) is 5.14. The van der Waals surface area contributed by atoms with Crippen LogP contribution in [-0.2, 0) is 11.2 Å². The maximum Gasteiger partial charge on any atom is 0.244 e. The number of carbonyl (C=O) groups excluding carboxylic acids is 1. The van der Waals surface area contributed by atoms with Gasteiger partial charge in [-0.05, 0) is 55.6 Å². The molecule has 0 radical (unpaired) electrons. The summed E-state index contributed by atoms with van der Waals surface area (Å²) in [6.45, 7) is 0. The lowest BCUT2D eigenvalue weighted by Gasteiger charge is -2.10. The summed E-state index contributed by atoms with van der Waals surface area (Å²) in [6.07, 6.45) is 1.57. The molecule has 1 amide bonds. The van der Waals surface area contributed by atoms with Gasteiger partial charge in [0.05, 0.1) is 38.4 Å². The minimum atomic E-state index is -0.292. The van der Waals surface area contributed by atoms with Gasteiger partial charge in [0.1, 0.15) is 0 Å². The molecule has 27 heavy (non-hydrogen) atoms. The van der Waals surface area contributed by atoms with Gasteiger partial charge in [-0.25, -0.2) is 5.43 Å². The topological polar surface area (TPSA) is 89.4 Å². The fourth-order valence-electron chi connectivity index (χ4n) is 2.25. The number of nitrogens with zero attached hydrogens (tertiary/aromatic N) is 1. The number of phenols is 1. The molecular formula is C18H18Br2N2O5. The highest BCUT2D eigenvalue weighted by molar-refractivity contribution is 9.13.